The number of sulfonamides is 1. The molecule has 0 saturated heterocycles. The standard InChI is InChI=1S/C22H24F3NO7S2/c1-26(18-8-4-3-6-14-7-5-9-19(21(14)18)33-13-20(27)28)35(31,32)17-11-15(22(23,24)25)10-16(12-17)34(2,29)30/h5,7,9-12,18H,3-4,6,8,13H2,1-2H3,(H,27,28)/t18-/m0/s1. The van der Waals surface area contributed by atoms with Crippen LogP contribution in [-0.4, -0.2) is 52.1 Å². The molecule has 0 radical (unpaired) electrons. The van der Waals surface area contributed by atoms with E-state index in [1.807, 2.05) is 0 Å². The van der Waals surface area contributed by atoms with Gasteiger partial charge in [0.1, 0.15) is 5.75 Å². The van der Waals surface area contributed by atoms with Crippen molar-refractivity contribution in [2.45, 2.75) is 47.7 Å². The number of halogens is 3. The first-order valence-corrected chi connectivity index (χ1v) is 13.8. The van der Waals surface area contributed by atoms with Crippen molar-refractivity contribution >= 4 is 25.8 Å². The normalized spacial score (nSPS) is 17.0. The third-order valence-electron chi connectivity index (χ3n) is 5.77. The van der Waals surface area contributed by atoms with Crippen LogP contribution in [0.15, 0.2) is 46.2 Å². The molecule has 1 atom stereocenters. The number of alkyl halides is 3. The molecule has 13 heteroatoms. The largest absolute Gasteiger partial charge is 0.482 e. The highest BCUT2D eigenvalue weighted by Crippen LogP contribution is 2.41. The Morgan fingerprint density at radius 1 is 1.11 bits per heavy atom. The molecule has 3 rings (SSSR count). The van der Waals surface area contributed by atoms with E-state index in [0.717, 1.165) is 9.87 Å². The first-order chi connectivity index (χ1) is 16.1. The van der Waals surface area contributed by atoms with Crippen molar-refractivity contribution in [3.63, 3.8) is 0 Å². The lowest BCUT2D eigenvalue weighted by Crippen LogP contribution is -2.32. The Bertz CT molecular complexity index is 1340. The predicted molar refractivity (Wildman–Crippen MR) is 119 cm³/mol. The van der Waals surface area contributed by atoms with Crippen LogP contribution in [0.2, 0.25) is 0 Å². The molecule has 0 bridgehead atoms. The predicted octanol–water partition coefficient (Wildman–Crippen LogP) is 3.66. The second-order valence-corrected chi connectivity index (χ2v) is 12.3. The lowest BCUT2D eigenvalue weighted by Gasteiger charge is -2.30. The lowest BCUT2D eigenvalue weighted by atomic mass is 9.98. The van der Waals surface area contributed by atoms with Gasteiger partial charge in [0.05, 0.1) is 21.4 Å². The van der Waals surface area contributed by atoms with Crippen molar-refractivity contribution in [3.05, 3.63) is 53.1 Å². The van der Waals surface area contributed by atoms with Gasteiger partial charge < -0.3 is 9.84 Å². The highest BCUT2D eigenvalue weighted by Gasteiger charge is 2.37. The van der Waals surface area contributed by atoms with Gasteiger partial charge >= 0.3 is 12.1 Å². The summed E-state index contributed by atoms with van der Waals surface area (Å²) >= 11 is 0. The van der Waals surface area contributed by atoms with E-state index in [-0.39, 0.29) is 5.75 Å². The van der Waals surface area contributed by atoms with Gasteiger partial charge in [0.2, 0.25) is 10.0 Å². The molecular weight excluding hydrogens is 511 g/mol. The van der Waals surface area contributed by atoms with E-state index in [4.69, 9.17) is 9.84 Å². The zero-order valence-electron chi connectivity index (χ0n) is 18.9. The maximum atomic E-state index is 13.5. The fourth-order valence-electron chi connectivity index (χ4n) is 4.04. The summed E-state index contributed by atoms with van der Waals surface area (Å²) < 4.78 is 97.7. The molecule has 2 aromatic rings. The van der Waals surface area contributed by atoms with E-state index in [9.17, 15) is 34.8 Å². The van der Waals surface area contributed by atoms with Gasteiger partial charge in [-0.05, 0) is 49.1 Å². The number of nitrogens with zero attached hydrogens (tertiary/aromatic N) is 1. The molecule has 1 aliphatic rings. The molecule has 0 aromatic heterocycles. The van der Waals surface area contributed by atoms with Crippen LogP contribution in [0.3, 0.4) is 0 Å². The van der Waals surface area contributed by atoms with Gasteiger partial charge in [0, 0.05) is 18.9 Å². The van der Waals surface area contributed by atoms with Gasteiger partial charge in [0.15, 0.2) is 16.4 Å². The molecule has 0 amide bonds. The molecule has 192 valence electrons. The first-order valence-electron chi connectivity index (χ1n) is 10.5. The summed E-state index contributed by atoms with van der Waals surface area (Å²) in [6, 6.07) is 5.55. The molecule has 0 heterocycles. The molecule has 0 unspecified atom stereocenters. The quantitative estimate of drug-likeness (QED) is 0.538. The summed E-state index contributed by atoms with van der Waals surface area (Å²) in [5.41, 5.74) is -0.231. The van der Waals surface area contributed by atoms with Crippen LogP contribution in [-0.2, 0) is 37.3 Å². The zero-order valence-corrected chi connectivity index (χ0v) is 20.5. The molecule has 0 fully saturated rings. The van der Waals surface area contributed by atoms with Gasteiger partial charge in [0.25, 0.3) is 0 Å². The number of hydrogen-bond acceptors (Lipinski definition) is 6. The molecule has 2 aromatic carbocycles. The van der Waals surface area contributed by atoms with Gasteiger partial charge in [-0.2, -0.15) is 17.5 Å². The average molecular weight is 536 g/mol. The van der Waals surface area contributed by atoms with Gasteiger partial charge in [-0.25, -0.2) is 21.6 Å². The summed E-state index contributed by atoms with van der Waals surface area (Å²) in [6.45, 7) is -0.662. The number of benzene rings is 2. The van der Waals surface area contributed by atoms with Crippen LogP contribution in [0, 0.1) is 0 Å². The Labute approximate surface area is 201 Å². The van der Waals surface area contributed by atoms with Crippen LogP contribution in [0.1, 0.15) is 42.0 Å². The van der Waals surface area contributed by atoms with Crippen molar-refractivity contribution < 1.29 is 44.6 Å². The molecule has 0 spiro atoms. The Hall–Kier alpha value is -2.64. The number of carboxylic acid groups (broad SMARTS) is 1. The minimum absolute atomic E-state index is 0.166. The number of rotatable bonds is 7. The summed E-state index contributed by atoms with van der Waals surface area (Å²) in [7, 11) is -7.57. The smallest absolute Gasteiger partial charge is 0.416 e. The first kappa shape index (κ1) is 27.0. The fourth-order valence-corrected chi connectivity index (χ4v) is 6.23. The van der Waals surface area contributed by atoms with Gasteiger partial charge in [-0.15, -0.1) is 0 Å². The second-order valence-electron chi connectivity index (χ2n) is 8.26. The van der Waals surface area contributed by atoms with Crippen LogP contribution >= 0.6 is 0 Å². The van der Waals surface area contributed by atoms with Crippen molar-refractivity contribution in [3.8, 4) is 5.75 Å². The Balaban J connectivity index is 2.15. The van der Waals surface area contributed by atoms with Crippen LogP contribution in [0.25, 0.3) is 0 Å². The number of aryl methyl sites for hydroxylation is 1. The average Bonchev–Trinajstić information content (AvgIpc) is 2.98. The molecule has 0 aliphatic heterocycles. The SMILES string of the molecule is CN([C@H]1CCCCc2cccc(OCC(=O)O)c21)S(=O)(=O)c1cc(C(F)(F)F)cc(S(C)(=O)=O)c1. The van der Waals surface area contributed by atoms with E-state index in [0.29, 0.717) is 55.7 Å². The maximum absolute atomic E-state index is 13.5. The number of fused-ring (bicyclic) bond motifs is 1. The zero-order chi connectivity index (χ0) is 26.2. The Kier molecular flexibility index (Phi) is 7.53. The monoisotopic (exact) mass is 535 g/mol. The van der Waals surface area contributed by atoms with E-state index >= 15 is 0 Å². The number of carbonyl (C=O) groups is 1. The van der Waals surface area contributed by atoms with E-state index < -0.39 is 60.0 Å². The van der Waals surface area contributed by atoms with Crippen LogP contribution in [0.5, 0.6) is 5.75 Å². The van der Waals surface area contributed by atoms with E-state index in [1.54, 1.807) is 12.1 Å². The van der Waals surface area contributed by atoms with Crippen LogP contribution in [0.4, 0.5) is 13.2 Å². The lowest BCUT2D eigenvalue weighted by molar-refractivity contribution is -0.139. The van der Waals surface area contributed by atoms with Gasteiger partial charge in [-0.3, -0.25) is 0 Å². The summed E-state index contributed by atoms with van der Waals surface area (Å²) in [5.74, 6) is -1.06. The molecule has 1 N–H and O–H groups in total. The topological polar surface area (TPSA) is 118 Å². The molecule has 35 heavy (non-hydrogen) atoms. The molecule has 8 nitrogen and oxygen atoms in total. The number of ether oxygens (including phenoxy) is 1. The maximum Gasteiger partial charge on any atom is 0.416 e. The minimum Gasteiger partial charge on any atom is -0.482 e. The Morgan fingerprint density at radius 2 is 1.77 bits per heavy atom. The van der Waals surface area contributed by atoms with Crippen molar-refractivity contribution in [2.75, 3.05) is 19.9 Å². The van der Waals surface area contributed by atoms with E-state index in [1.165, 1.54) is 13.1 Å². The number of hydrogen-bond donors (Lipinski definition) is 1. The minimum atomic E-state index is -4.98. The van der Waals surface area contributed by atoms with E-state index in [2.05, 4.69) is 0 Å². The summed E-state index contributed by atoms with van der Waals surface area (Å²) in [5, 5.41) is 9.00. The highest BCUT2D eigenvalue weighted by molar-refractivity contribution is 7.91. The number of sulfone groups is 1. The molecule has 1 aliphatic carbocycles. The van der Waals surface area contributed by atoms with Crippen molar-refractivity contribution in [2.24, 2.45) is 0 Å². The fraction of sp³-hybridized carbons (Fsp3) is 0.409. The molecule has 0 saturated carbocycles. The second kappa shape index (κ2) is 9.78. The number of aliphatic carboxylic acids is 1. The van der Waals surface area contributed by atoms with Crippen molar-refractivity contribution in [1.82, 2.24) is 4.31 Å². The highest BCUT2D eigenvalue weighted by atomic mass is 32.2. The van der Waals surface area contributed by atoms with Crippen LogP contribution < -0.4 is 4.74 Å². The molecular formula is C22H24F3NO7S2. The summed E-state index contributed by atoms with van der Waals surface area (Å²) in [6.07, 6.45) is -2.11. The Morgan fingerprint density at radius 3 is 2.37 bits per heavy atom. The third-order valence-corrected chi connectivity index (χ3v) is 8.70. The van der Waals surface area contributed by atoms with Crippen molar-refractivity contribution in [1.29, 1.82) is 0 Å². The van der Waals surface area contributed by atoms with Gasteiger partial charge in [-0.1, -0.05) is 18.6 Å². The third kappa shape index (κ3) is 5.96. The number of carboxylic acids is 1. The summed E-state index contributed by atoms with van der Waals surface area (Å²) in [4.78, 5) is 9.43.